The van der Waals surface area contributed by atoms with Crippen LogP contribution in [0.25, 0.3) is 10.6 Å². The molecule has 0 aliphatic carbocycles. The number of benzene rings is 1. The van der Waals surface area contributed by atoms with Crippen LogP contribution in [0, 0.1) is 0 Å². The van der Waals surface area contributed by atoms with E-state index < -0.39 is 0 Å². The molecule has 0 fully saturated rings. The lowest BCUT2D eigenvalue weighted by atomic mass is 9.87. The molecule has 0 aliphatic heterocycles. The van der Waals surface area contributed by atoms with Gasteiger partial charge in [0.15, 0.2) is 0 Å². The zero-order valence-electron chi connectivity index (χ0n) is 10.9. The van der Waals surface area contributed by atoms with Gasteiger partial charge in [0.1, 0.15) is 5.01 Å². The molecule has 0 unspecified atom stereocenters. The normalized spacial score (nSPS) is 11.8. The average Bonchev–Trinajstić information content (AvgIpc) is 2.76. The third-order valence-electron chi connectivity index (χ3n) is 2.90. The summed E-state index contributed by atoms with van der Waals surface area (Å²) in [5.74, 6) is 0. The first-order valence-corrected chi connectivity index (χ1v) is 6.88. The third kappa shape index (κ3) is 2.75. The molecular formula is C15H19NS. The van der Waals surface area contributed by atoms with Gasteiger partial charge in [0, 0.05) is 16.6 Å². The van der Waals surface area contributed by atoms with Crippen LogP contribution in [0.1, 0.15) is 38.1 Å². The molecule has 1 heterocycles. The average molecular weight is 245 g/mol. The van der Waals surface area contributed by atoms with Crippen molar-refractivity contribution in [2.45, 2.75) is 39.5 Å². The number of thiazole rings is 1. The molecule has 0 amide bonds. The van der Waals surface area contributed by atoms with Gasteiger partial charge in [0.2, 0.25) is 0 Å². The van der Waals surface area contributed by atoms with Crippen LogP contribution >= 0.6 is 11.3 Å². The van der Waals surface area contributed by atoms with E-state index in [0.717, 1.165) is 11.4 Å². The van der Waals surface area contributed by atoms with E-state index in [1.54, 1.807) is 11.3 Å². The second-order valence-electron chi connectivity index (χ2n) is 5.31. The number of nitrogens with zero attached hydrogens (tertiary/aromatic N) is 1. The minimum absolute atomic E-state index is 0.218. The molecule has 0 saturated carbocycles. The number of aromatic nitrogens is 1. The molecule has 0 spiro atoms. The maximum atomic E-state index is 4.47. The van der Waals surface area contributed by atoms with Crippen molar-refractivity contribution in [1.29, 1.82) is 0 Å². The van der Waals surface area contributed by atoms with Crippen molar-refractivity contribution in [3.8, 4) is 10.6 Å². The van der Waals surface area contributed by atoms with Gasteiger partial charge in [-0.05, 0) is 17.4 Å². The summed E-state index contributed by atoms with van der Waals surface area (Å²) in [6.07, 6.45) is 3.05. The molecular weight excluding hydrogens is 226 g/mol. The lowest BCUT2D eigenvalue weighted by Crippen LogP contribution is -2.10. The van der Waals surface area contributed by atoms with Crippen LogP contribution in [-0.4, -0.2) is 4.98 Å². The largest absolute Gasteiger partial charge is 0.244 e. The quantitative estimate of drug-likeness (QED) is 0.749. The van der Waals surface area contributed by atoms with Gasteiger partial charge >= 0.3 is 0 Å². The van der Waals surface area contributed by atoms with Gasteiger partial charge in [-0.15, -0.1) is 11.3 Å². The fourth-order valence-electron chi connectivity index (χ4n) is 1.72. The maximum Gasteiger partial charge on any atom is 0.123 e. The molecule has 2 aromatic rings. The van der Waals surface area contributed by atoms with E-state index in [1.807, 2.05) is 6.20 Å². The Kier molecular flexibility index (Phi) is 3.34. The molecule has 2 rings (SSSR count). The van der Waals surface area contributed by atoms with Gasteiger partial charge in [-0.1, -0.05) is 52.0 Å². The zero-order chi connectivity index (χ0) is 12.5. The van der Waals surface area contributed by atoms with E-state index in [2.05, 4.69) is 56.9 Å². The lowest BCUT2D eigenvalue weighted by Gasteiger charge is -2.18. The first kappa shape index (κ1) is 12.3. The van der Waals surface area contributed by atoms with E-state index in [-0.39, 0.29) is 5.41 Å². The summed E-state index contributed by atoms with van der Waals surface area (Å²) in [6.45, 7) is 8.88. The van der Waals surface area contributed by atoms with Gasteiger partial charge in [-0.25, -0.2) is 4.98 Å². The summed E-state index contributed by atoms with van der Waals surface area (Å²) < 4.78 is 0. The van der Waals surface area contributed by atoms with Crippen LogP contribution in [0.15, 0.2) is 30.5 Å². The first-order valence-electron chi connectivity index (χ1n) is 6.06. The number of aryl methyl sites for hydroxylation is 1. The molecule has 0 radical (unpaired) electrons. The van der Waals surface area contributed by atoms with E-state index in [1.165, 1.54) is 16.0 Å². The summed E-state index contributed by atoms with van der Waals surface area (Å²) in [5.41, 5.74) is 2.81. The fraction of sp³-hybridized carbons (Fsp3) is 0.400. The Labute approximate surface area is 108 Å². The Morgan fingerprint density at radius 2 is 1.76 bits per heavy atom. The summed E-state index contributed by atoms with van der Waals surface area (Å²) in [7, 11) is 0. The molecule has 17 heavy (non-hydrogen) atoms. The van der Waals surface area contributed by atoms with Crippen molar-refractivity contribution < 1.29 is 0 Å². The SMILES string of the molecule is CCc1cnc(-c2ccc(C(C)(C)C)cc2)s1. The molecule has 0 saturated heterocycles. The van der Waals surface area contributed by atoms with Crippen LogP contribution in [0.3, 0.4) is 0 Å². The maximum absolute atomic E-state index is 4.47. The van der Waals surface area contributed by atoms with Crippen molar-refractivity contribution >= 4 is 11.3 Å². The van der Waals surface area contributed by atoms with E-state index >= 15 is 0 Å². The molecule has 90 valence electrons. The zero-order valence-corrected chi connectivity index (χ0v) is 11.8. The predicted molar refractivity (Wildman–Crippen MR) is 75.6 cm³/mol. The minimum atomic E-state index is 0.218. The summed E-state index contributed by atoms with van der Waals surface area (Å²) >= 11 is 1.79. The molecule has 0 bridgehead atoms. The minimum Gasteiger partial charge on any atom is -0.244 e. The van der Waals surface area contributed by atoms with Crippen molar-refractivity contribution in [2.24, 2.45) is 0 Å². The first-order chi connectivity index (χ1) is 8.00. The van der Waals surface area contributed by atoms with Gasteiger partial charge in [0.05, 0.1) is 0 Å². The van der Waals surface area contributed by atoms with Crippen molar-refractivity contribution in [3.63, 3.8) is 0 Å². The molecule has 2 heteroatoms. The van der Waals surface area contributed by atoms with Crippen LogP contribution in [-0.2, 0) is 11.8 Å². The van der Waals surface area contributed by atoms with Gasteiger partial charge < -0.3 is 0 Å². The van der Waals surface area contributed by atoms with Crippen molar-refractivity contribution in [1.82, 2.24) is 4.98 Å². The van der Waals surface area contributed by atoms with Crippen LogP contribution in [0.4, 0.5) is 0 Å². The Morgan fingerprint density at radius 3 is 2.24 bits per heavy atom. The summed E-state index contributed by atoms with van der Waals surface area (Å²) in [5, 5.41) is 1.13. The summed E-state index contributed by atoms with van der Waals surface area (Å²) in [4.78, 5) is 5.81. The van der Waals surface area contributed by atoms with Crippen LogP contribution < -0.4 is 0 Å². The number of hydrogen-bond donors (Lipinski definition) is 0. The van der Waals surface area contributed by atoms with E-state index in [4.69, 9.17) is 0 Å². The number of rotatable bonds is 2. The van der Waals surface area contributed by atoms with Gasteiger partial charge in [0.25, 0.3) is 0 Å². The standard InChI is InChI=1S/C15H19NS/c1-5-13-10-16-14(17-13)11-6-8-12(9-7-11)15(2,3)4/h6-10H,5H2,1-4H3. The molecule has 0 atom stereocenters. The molecule has 0 N–H and O–H groups in total. The van der Waals surface area contributed by atoms with Crippen molar-refractivity contribution in [2.75, 3.05) is 0 Å². The van der Waals surface area contributed by atoms with E-state index in [0.29, 0.717) is 0 Å². The van der Waals surface area contributed by atoms with Crippen LogP contribution in [0.5, 0.6) is 0 Å². The summed E-state index contributed by atoms with van der Waals surface area (Å²) in [6, 6.07) is 8.78. The smallest absolute Gasteiger partial charge is 0.123 e. The molecule has 1 aromatic heterocycles. The van der Waals surface area contributed by atoms with Gasteiger partial charge in [-0.3, -0.25) is 0 Å². The Hall–Kier alpha value is -1.15. The third-order valence-corrected chi connectivity index (χ3v) is 4.09. The Bertz CT molecular complexity index is 488. The highest BCUT2D eigenvalue weighted by Gasteiger charge is 2.13. The van der Waals surface area contributed by atoms with Crippen LogP contribution in [0.2, 0.25) is 0 Å². The molecule has 1 nitrogen and oxygen atoms in total. The fourth-order valence-corrected chi connectivity index (χ4v) is 2.57. The Balaban J connectivity index is 2.29. The Morgan fingerprint density at radius 1 is 1.12 bits per heavy atom. The highest BCUT2D eigenvalue weighted by Crippen LogP contribution is 2.28. The topological polar surface area (TPSA) is 12.9 Å². The monoisotopic (exact) mass is 245 g/mol. The van der Waals surface area contributed by atoms with E-state index in [9.17, 15) is 0 Å². The molecule has 0 aliphatic rings. The number of hydrogen-bond acceptors (Lipinski definition) is 2. The highest BCUT2D eigenvalue weighted by molar-refractivity contribution is 7.15. The lowest BCUT2D eigenvalue weighted by molar-refractivity contribution is 0.590. The van der Waals surface area contributed by atoms with Gasteiger partial charge in [-0.2, -0.15) is 0 Å². The second-order valence-corrected chi connectivity index (χ2v) is 6.43. The second kappa shape index (κ2) is 4.61. The highest BCUT2D eigenvalue weighted by atomic mass is 32.1. The van der Waals surface area contributed by atoms with Crippen molar-refractivity contribution in [3.05, 3.63) is 40.9 Å². The predicted octanol–water partition coefficient (Wildman–Crippen LogP) is 4.67. The molecule has 1 aromatic carbocycles.